The highest BCUT2D eigenvalue weighted by Crippen LogP contribution is 2.43. The smallest absolute Gasteiger partial charge is 0.475 e. The first-order valence-electron chi connectivity index (χ1n) is 6.69. The molecule has 4 nitrogen and oxygen atoms in total. The molecule has 0 saturated carbocycles. The molecule has 0 aromatic heterocycles. The number of rotatable bonds is 1. The minimum atomic E-state index is -5.08. The van der Waals surface area contributed by atoms with Gasteiger partial charge in [-0.15, -0.1) is 0 Å². The lowest BCUT2D eigenvalue weighted by atomic mass is 9.81. The summed E-state index contributed by atoms with van der Waals surface area (Å²) in [6.07, 6.45) is -5.08. The van der Waals surface area contributed by atoms with E-state index in [0.717, 1.165) is 22.7 Å². The SMILES string of the molecule is FC[C@]12CNC[C@@H]1c1cccc(Cl)c1CO2.O=C(O)C(F)(F)F. The minimum absolute atomic E-state index is 0.0833. The molecule has 0 radical (unpaired) electrons. The van der Waals surface area contributed by atoms with E-state index in [4.69, 9.17) is 26.2 Å². The molecule has 2 atom stereocenters. The van der Waals surface area contributed by atoms with Crippen LogP contribution in [0, 0.1) is 0 Å². The van der Waals surface area contributed by atoms with E-state index in [1.54, 1.807) is 0 Å². The Bertz CT molecular complexity index is 596. The zero-order valence-electron chi connectivity index (χ0n) is 11.8. The fraction of sp³-hybridized carbons (Fsp3) is 0.500. The Kier molecular flexibility index (Phi) is 5.17. The molecular formula is C14H14ClF4NO3. The molecule has 2 aliphatic heterocycles. The van der Waals surface area contributed by atoms with Crippen LogP contribution in [0.2, 0.25) is 5.02 Å². The number of carboxylic acids is 1. The average molecular weight is 356 g/mol. The molecule has 1 fully saturated rings. The van der Waals surface area contributed by atoms with Crippen LogP contribution in [0.4, 0.5) is 17.6 Å². The first-order valence-corrected chi connectivity index (χ1v) is 7.07. The fourth-order valence-corrected chi connectivity index (χ4v) is 2.97. The number of hydrogen-bond donors (Lipinski definition) is 2. The molecular weight excluding hydrogens is 342 g/mol. The number of carbonyl (C=O) groups is 1. The maximum absolute atomic E-state index is 13.2. The van der Waals surface area contributed by atoms with Crippen molar-refractivity contribution in [3.63, 3.8) is 0 Å². The van der Waals surface area contributed by atoms with Gasteiger partial charge < -0.3 is 15.2 Å². The lowest BCUT2D eigenvalue weighted by Crippen LogP contribution is -2.45. The Morgan fingerprint density at radius 2 is 2.13 bits per heavy atom. The molecule has 2 heterocycles. The van der Waals surface area contributed by atoms with E-state index < -0.39 is 24.4 Å². The highest BCUT2D eigenvalue weighted by Gasteiger charge is 2.48. The van der Waals surface area contributed by atoms with Crippen molar-refractivity contribution >= 4 is 17.6 Å². The number of carboxylic acid groups (broad SMARTS) is 1. The lowest BCUT2D eigenvalue weighted by molar-refractivity contribution is -0.192. The van der Waals surface area contributed by atoms with Crippen molar-refractivity contribution in [3.05, 3.63) is 34.3 Å². The minimum Gasteiger partial charge on any atom is -0.475 e. The van der Waals surface area contributed by atoms with Gasteiger partial charge in [0, 0.05) is 24.0 Å². The summed E-state index contributed by atoms with van der Waals surface area (Å²) in [4.78, 5) is 8.90. The highest BCUT2D eigenvalue weighted by atomic mass is 35.5. The number of ether oxygens (including phenoxy) is 1. The van der Waals surface area contributed by atoms with Crippen LogP contribution in [-0.4, -0.2) is 42.6 Å². The summed E-state index contributed by atoms with van der Waals surface area (Å²) in [5.74, 6) is -2.67. The summed E-state index contributed by atoms with van der Waals surface area (Å²) >= 11 is 6.13. The van der Waals surface area contributed by atoms with E-state index in [-0.39, 0.29) is 5.92 Å². The Morgan fingerprint density at radius 3 is 2.70 bits per heavy atom. The van der Waals surface area contributed by atoms with Crippen molar-refractivity contribution in [2.75, 3.05) is 19.8 Å². The van der Waals surface area contributed by atoms with E-state index in [0.29, 0.717) is 13.2 Å². The Balaban J connectivity index is 0.000000236. The summed E-state index contributed by atoms with van der Waals surface area (Å²) in [6, 6.07) is 5.81. The molecule has 3 rings (SSSR count). The van der Waals surface area contributed by atoms with Gasteiger partial charge in [0.05, 0.1) is 6.61 Å². The van der Waals surface area contributed by atoms with Crippen molar-refractivity contribution in [2.24, 2.45) is 0 Å². The van der Waals surface area contributed by atoms with Crippen molar-refractivity contribution in [1.29, 1.82) is 0 Å². The summed E-state index contributed by atoms with van der Waals surface area (Å²) in [6.45, 7) is 1.31. The number of hydrogen-bond acceptors (Lipinski definition) is 3. The predicted molar refractivity (Wildman–Crippen MR) is 74.2 cm³/mol. The third kappa shape index (κ3) is 3.59. The van der Waals surface area contributed by atoms with E-state index >= 15 is 0 Å². The van der Waals surface area contributed by atoms with Gasteiger partial charge in [0.15, 0.2) is 0 Å². The quantitative estimate of drug-likeness (QED) is 0.761. The average Bonchev–Trinajstić information content (AvgIpc) is 2.92. The Hall–Kier alpha value is -1.38. The molecule has 2 aliphatic rings. The van der Waals surface area contributed by atoms with Gasteiger partial charge in [-0.05, 0) is 17.2 Å². The van der Waals surface area contributed by atoms with Crippen LogP contribution in [-0.2, 0) is 16.1 Å². The summed E-state index contributed by atoms with van der Waals surface area (Å²) < 4.78 is 50.7. The van der Waals surface area contributed by atoms with Gasteiger partial charge in [-0.1, -0.05) is 23.7 Å². The summed E-state index contributed by atoms with van der Waals surface area (Å²) in [5.41, 5.74) is 1.49. The van der Waals surface area contributed by atoms with Gasteiger partial charge in [-0.25, -0.2) is 9.18 Å². The maximum atomic E-state index is 13.2. The summed E-state index contributed by atoms with van der Waals surface area (Å²) in [7, 11) is 0. The molecule has 0 amide bonds. The van der Waals surface area contributed by atoms with Crippen LogP contribution in [0.15, 0.2) is 18.2 Å². The number of halogens is 5. The van der Waals surface area contributed by atoms with E-state index in [1.807, 2.05) is 18.2 Å². The van der Waals surface area contributed by atoms with Crippen LogP contribution in [0.3, 0.4) is 0 Å². The first-order chi connectivity index (χ1) is 10.7. The molecule has 128 valence electrons. The largest absolute Gasteiger partial charge is 0.490 e. The molecule has 0 bridgehead atoms. The number of benzene rings is 1. The van der Waals surface area contributed by atoms with Crippen LogP contribution in [0.5, 0.6) is 0 Å². The zero-order chi connectivity index (χ0) is 17.3. The van der Waals surface area contributed by atoms with Crippen LogP contribution >= 0.6 is 11.6 Å². The van der Waals surface area contributed by atoms with Gasteiger partial charge in [0.2, 0.25) is 0 Å². The molecule has 2 N–H and O–H groups in total. The van der Waals surface area contributed by atoms with E-state index in [1.165, 1.54) is 0 Å². The number of nitrogens with one attached hydrogen (secondary N) is 1. The third-order valence-corrected chi connectivity index (χ3v) is 4.27. The Labute approximate surface area is 134 Å². The molecule has 1 saturated heterocycles. The second kappa shape index (κ2) is 6.62. The van der Waals surface area contributed by atoms with Crippen LogP contribution < -0.4 is 5.32 Å². The molecule has 1 aromatic carbocycles. The second-order valence-corrected chi connectivity index (χ2v) is 5.69. The van der Waals surface area contributed by atoms with Crippen LogP contribution in [0.1, 0.15) is 17.0 Å². The Morgan fingerprint density at radius 1 is 1.48 bits per heavy atom. The van der Waals surface area contributed by atoms with E-state index in [2.05, 4.69) is 5.32 Å². The normalized spacial score (nSPS) is 25.9. The van der Waals surface area contributed by atoms with Gasteiger partial charge in [0.25, 0.3) is 0 Å². The van der Waals surface area contributed by atoms with Gasteiger partial charge >= 0.3 is 12.1 Å². The van der Waals surface area contributed by atoms with Crippen molar-refractivity contribution < 1.29 is 32.2 Å². The van der Waals surface area contributed by atoms with Crippen LogP contribution in [0.25, 0.3) is 0 Å². The highest BCUT2D eigenvalue weighted by molar-refractivity contribution is 6.31. The molecule has 1 aromatic rings. The maximum Gasteiger partial charge on any atom is 0.490 e. The lowest BCUT2D eigenvalue weighted by Gasteiger charge is -2.38. The second-order valence-electron chi connectivity index (χ2n) is 5.28. The first kappa shape index (κ1) is 18.0. The van der Waals surface area contributed by atoms with Gasteiger partial charge in [0.1, 0.15) is 12.3 Å². The molecule has 23 heavy (non-hydrogen) atoms. The molecule has 0 unspecified atom stereocenters. The number of fused-ring (bicyclic) bond motifs is 3. The molecule has 9 heteroatoms. The predicted octanol–water partition coefficient (Wildman–Crippen LogP) is 2.90. The van der Waals surface area contributed by atoms with Crippen molar-refractivity contribution in [3.8, 4) is 0 Å². The van der Waals surface area contributed by atoms with E-state index in [9.17, 15) is 17.6 Å². The molecule has 0 spiro atoms. The number of alkyl halides is 4. The number of aliphatic carboxylic acids is 1. The standard InChI is InChI=1S/C12H13ClFNO.C2HF3O2/c13-11-3-1-2-8-9(11)5-16-12(6-14)7-15-4-10(8)12;3-2(4,5)1(6)7/h1-3,10,15H,4-7H2;(H,6,7)/t10-,12+;/m1./s1. The van der Waals surface area contributed by atoms with Gasteiger partial charge in [-0.2, -0.15) is 13.2 Å². The molecule has 0 aliphatic carbocycles. The zero-order valence-corrected chi connectivity index (χ0v) is 12.5. The fourth-order valence-electron chi connectivity index (χ4n) is 2.73. The van der Waals surface area contributed by atoms with Gasteiger partial charge in [-0.3, -0.25) is 0 Å². The topological polar surface area (TPSA) is 58.6 Å². The third-order valence-electron chi connectivity index (χ3n) is 3.91. The van der Waals surface area contributed by atoms with Crippen molar-refractivity contribution in [1.82, 2.24) is 5.32 Å². The summed E-state index contributed by atoms with van der Waals surface area (Å²) in [5, 5.41) is 11.1. The van der Waals surface area contributed by atoms with Crippen molar-refractivity contribution in [2.45, 2.75) is 24.3 Å². The monoisotopic (exact) mass is 355 g/mol.